The van der Waals surface area contributed by atoms with Crippen molar-refractivity contribution in [3.63, 3.8) is 0 Å². The molecule has 1 aromatic carbocycles. The average molecular weight is 231 g/mol. The molecular formula is C12H13N3O2. The SMILES string of the molecule is CNCc1ncc(C(=O)Nc2ccccc2)o1. The maximum atomic E-state index is 11.8. The van der Waals surface area contributed by atoms with E-state index in [1.807, 2.05) is 30.3 Å². The second-order valence-electron chi connectivity index (χ2n) is 3.47. The summed E-state index contributed by atoms with van der Waals surface area (Å²) in [6, 6.07) is 9.20. The van der Waals surface area contributed by atoms with Gasteiger partial charge in [0.05, 0.1) is 12.7 Å². The summed E-state index contributed by atoms with van der Waals surface area (Å²) in [6.45, 7) is 0.499. The number of rotatable bonds is 4. The van der Waals surface area contributed by atoms with Crippen molar-refractivity contribution in [1.29, 1.82) is 0 Å². The number of amides is 1. The van der Waals surface area contributed by atoms with E-state index in [9.17, 15) is 4.79 Å². The van der Waals surface area contributed by atoms with Gasteiger partial charge in [-0.3, -0.25) is 4.79 Å². The van der Waals surface area contributed by atoms with Crippen LogP contribution in [0, 0.1) is 0 Å². The van der Waals surface area contributed by atoms with Crippen molar-refractivity contribution in [2.45, 2.75) is 6.54 Å². The van der Waals surface area contributed by atoms with E-state index in [-0.39, 0.29) is 11.7 Å². The third-order valence-electron chi connectivity index (χ3n) is 2.14. The second kappa shape index (κ2) is 5.27. The molecule has 1 heterocycles. The van der Waals surface area contributed by atoms with Crippen molar-refractivity contribution in [2.24, 2.45) is 0 Å². The largest absolute Gasteiger partial charge is 0.434 e. The number of carbonyl (C=O) groups excluding carboxylic acids is 1. The van der Waals surface area contributed by atoms with Gasteiger partial charge >= 0.3 is 0 Å². The Labute approximate surface area is 98.9 Å². The van der Waals surface area contributed by atoms with Gasteiger partial charge in [-0.05, 0) is 19.2 Å². The first-order chi connectivity index (χ1) is 8.29. The van der Waals surface area contributed by atoms with Crippen molar-refractivity contribution in [3.05, 3.63) is 48.2 Å². The Hall–Kier alpha value is -2.14. The average Bonchev–Trinajstić information content (AvgIpc) is 2.79. The molecule has 0 aliphatic carbocycles. The third kappa shape index (κ3) is 2.92. The minimum atomic E-state index is -0.300. The zero-order valence-electron chi connectivity index (χ0n) is 9.43. The molecule has 0 saturated carbocycles. The van der Waals surface area contributed by atoms with Crippen molar-refractivity contribution in [1.82, 2.24) is 10.3 Å². The summed E-state index contributed by atoms with van der Waals surface area (Å²) in [7, 11) is 1.79. The van der Waals surface area contributed by atoms with Crippen LogP contribution in [-0.4, -0.2) is 17.9 Å². The van der Waals surface area contributed by atoms with E-state index in [0.29, 0.717) is 12.4 Å². The lowest BCUT2D eigenvalue weighted by atomic mass is 10.3. The fourth-order valence-corrected chi connectivity index (χ4v) is 1.36. The Kier molecular flexibility index (Phi) is 3.52. The van der Waals surface area contributed by atoms with Gasteiger partial charge in [-0.1, -0.05) is 18.2 Å². The molecule has 2 N–H and O–H groups in total. The fourth-order valence-electron chi connectivity index (χ4n) is 1.36. The summed E-state index contributed by atoms with van der Waals surface area (Å²) in [6.07, 6.45) is 1.42. The van der Waals surface area contributed by atoms with Gasteiger partial charge in [-0.25, -0.2) is 4.98 Å². The Balaban J connectivity index is 2.04. The summed E-state index contributed by atoms with van der Waals surface area (Å²) < 4.78 is 5.27. The van der Waals surface area contributed by atoms with Gasteiger partial charge in [-0.15, -0.1) is 0 Å². The molecule has 0 aliphatic rings. The minimum absolute atomic E-state index is 0.208. The number of hydrogen-bond acceptors (Lipinski definition) is 4. The van der Waals surface area contributed by atoms with Gasteiger partial charge in [0.15, 0.2) is 0 Å². The predicted octanol–water partition coefficient (Wildman–Crippen LogP) is 1.65. The number of aromatic nitrogens is 1. The van der Waals surface area contributed by atoms with Gasteiger partial charge < -0.3 is 15.1 Å². The van der Waals surface area contributed by atoms with Crippen LogP contribution in [0.15, 0.2) is 40.9 Å². The van der Waals surface area contributed by atoms with E-state index in [2.05, 4.69) is 15.6 Å². The number of oxazole rings is 1. The standard InChI is InChI=1S/C12H13N3O2/c1-13-8-11-14-7-10(17-11)12(16)15-9-5-3-2-4-6-9/h2-7,13H,8H2,1H3,(H,15,16). The maximum Gasteiger partial charge on any atom is 0.293 e. The highest BCUT2D eigenvalue weighted by Gasteiger charge is 2.11. The monoisotopic (exact) mass is 231 g/mol. The molecule has 0 radical (unpaired) electrons. The summed E-state index contributed by atoms with van der Waals surface area (Å²) >= 11 is 0. The first-order valence-electron chi connectivity index (χ1n) is 5.25. The predicted molar refractivity (Wildman–Crippen MR) is 63.7 cm³/mol. The number of carbonyl (C=O) groups is 1. The maximum absolute atomic E-state index is 11.8. The van der Waals surface area contributed by atoms with Crippen LogP contribution in [0.5, 0.6) is 0 Å². The molecule has 5 heteroatoms. The molecule has 0 spiro atoms. The first kappa shape index (κ1) is 11.3. The zero-order valence-corrected chi connectivity index (χ0v) is 9.43. The molecule has 0 aliphatic heterocycles. The van der Waals surface area contributed by atoms with Crippen LogP contribution < -0.4 is 10.6 Å². The quantitative estimate of drug-likeness (QED) is 0.839. The first-order valence-corrected chi connectivity index (χ1v) is 5.25. The van der Waals surface area contributed by atoms with E-state index >= 15 is 0 Å². The lowest BCUT2D eigenvalue weighted by molar-refractivity contribution is 0.0995. The Morgan fingerprint density at radius 3 is 2.82 bits per heavy atom. The van der Waals surface area contributed by atoms with Crippen molar-refractivity contribution in [2.75, 3.05) is 12.4 Å². The van der Waals surface area contributed by atoms with Crippen molar-refractivity contribution >= 4 is 11.6 Å². The summed E-state index contributed by atoms with van der Waals surface area (Å²) in [5.41, 5.74) is 0.726. The van der Waals surface area contributed by atoms with E-state index in [1.165, 1.54) is 6.20 Å². The molecule has 0 unspecified atom stereocenters. The number of hydrogen-bond donors (Lipinski definition) is 2. The normalized spacial score (nSPS) is 10.2. The lowest BCUT2D eigenvalue weighted by Crippen LogP contribution is -2.10. The molecule has 1 aromatic heterocycles. The van der Waals surface area contributed by atoms with Gasteiger partial charge in [0.25, 0.3) is 5.91 Å². The minimum Gasteiger partial charge on any atom is -0.434 e. The van der Waals surface area contributed by atoms with E-state index in [1.54, 1.807) is 7.05 Å². The molecule has 0 saturated heterocycles. The van der Waals surface area contributed by atoms with Crippen LogP contribution >= 0.6 is 0 Å². The Bertz CT molecular complexity index is 493. The molecule has 0 atom stereocenters. The second-order valence-corrected chi connectivity index (χ2v) is 3.47. The van der Waals surface area contributed by atoms with E-state index in [4.69, 9.17) is 4.42 Å². The molecule has 2 rings (SSSR count). The highest BCUT2D eigenvalue weighted by atomic mass is 16.4. The third-order valence-corrected chi connectivity index (χ3v) is 2.14. The Morgan fingerprint density at radius 1 is 1.35 bits per heavy atom. The molecular weight excluding hydrogens is 218 g/mol. The van der Waals surface area contributed by atoms with Gasteiger partial charge in [0, 0.05) is 5.69 Å². The molecule has 88 valence electrons. The highest BCUT2D eigenvalue weighted by Crippen LogP contribution is 2.09. The van der Waals surface area contributed by atoms with Crippen molar-refractivity contribution in [3.8, 4) is 0 Å². The molecule has 0 bridgehead atoms. The number of para-hydroxylation sites is 1. The Morgan fingerprint density at radius 2 is 2.12 bits per heavy atom. The number of nitrogens with one attached hydrogen (secondary N) is 2. The fraction of sp³-hybridized carbons (Fsp3) is 0.167. The van der Waals surface area contributed by atoms with E-state index < -0.39 is 0 Å². The highest BCUT2D eigenvalue weighted by molar-refractivity contribution is 6.01. The van der Waals surface area contributed by atoms with Crippen LogP contribution in [-0.2, 0) is 6.54 Å². The molecule has 5 nitrogen and oxygen atoms in total. The number of benzene rings is 1. The van der Waals surface area contributed by atoms with Crippen LogP contribution in [0.1, 0.15) is 16.4 Å². The summed E-state index contributed by atoms with van der Waals surface area (Å²) in [5, 5.41) is 5.62. The molecule has 0 fully saturated rings. The van der Waals surface area contributed by atoms with Crippen LogP contribution in [0.3, 0.4) is 0 Å². The van der Waals surface area contributed by atoms with Crippen LogP contribution in [0.2, 0.25) is 0 Å². The summed E-state index contributed by atoms with van der Waals surface area (Å²) in [5.74, 6) is 0.399. The van der Waals surface area contributed by atoms with Crippen LogP contribution in [0.4, 0.5) is 5.69 Å². The smallest absolute Gasteiger partial charge is 0.293 e. The van der Waals surface area contributed by atoms with Crippen LogP contribution in [0.25, 0.3) is 0 Å². The number of anilines is 1. The molecule has 2 aromatic rings. The van der Waals surface area contributed by atoms with Gasteiger partial charge in [-0.2, -0.15) is 0 Å². The zero-order chi connectivity index (χ0) is 12.1. The van der Waals surface area contributed by atoms with Crippen molar-refractivity contribution < 1.29 is 9.21 Å². The van der Waals surface area contributed by atoms with Gasteiger partial charge in [0.1, 0.15) is 0 Å². The topological polar surface area (TPSA) is 67.2 Å². The lowest BCUT2D eigenvalue weighted by Gasteiger charge is -2.01. The van der Waals surface area contributed by atoms with E-state index in [0.717, 1.165) is 5.69 Å². The molecule has 1 amide bonds. The number of nitrogens with zero attached hydrogens (tertiary/aromatic N) is 1. The summed E-state index contributed by atoms with van der Waals surface area (Å²) in [4.78, 5) is 15.7. The van der Waals surface area contributed by atoms with Gasteiger partial charge in [0.2, 0.25) is 11.7 Å². The molecule has 17 heavy (non-hydrogen) atoms.